The first-order chi connectivity index (χ1) is 12.6. The van der Waals surface area contributed by atoms with Crippen LogP contribution in [0.25, 0.3) is 0 Å². The number of anilines is 1. The second-order valence-electron chi connectivity index (χ2n) is 6.21. The summed E-state index contributed by atoms with van der Waals surface area (Å²) in [5.41, 5.74) is 1.18. The van der Waals surface area contributed by atoms with Gasteiger partial charge in [-0.15, -0.1) is 0 Å². The van der Waals surface area contributed by atoms with Gasteiger partial charge in [-0.05, 0) is 49.6 Å². The Labute approximate surface area is 157 Å². The number of hydrogen-bond donors (Lipinski definition) is 1. The van der Waals surface area contributed by atoms with Gasteiger partial charge in [0.05, 0.1) is 12.1 Å². The molecule has 2 aromatic rings. The first kappa shape index (κ1) is 18.3. The summed E-state index contributed by atoms with van der Waals surface area (Å²) in [5, 5.41) is 3.29. The van der Waals surface area contributed by atoms with Gasteiger partial charge in [0, 0.05) is 17.8 Å². The van der Waals surface area contributed by atoms with Gasteiger partial charge in [-0.2, -0.15) is 0 Å². The zero-order chi connectivity index (χ0) is 18.5. The Hall–Kier alpha value is -2.53. The van der Waals surface area contributed by atoms with Gasteiger partial charge in [0.25, 0.3) is 5.91 Å². The summed E-state index contributed by atoms with van der Waals surface area (Å²) in [6, 6.07) is 13.6. The van der Waals surface area contributed by atoms with Crippen molar-refractivity contribution in [1.82, 2.24) is 4.90 Å². The summed E-state index contributed by atoms with van der Waals surface area (Å²) in [5.74, 6) is 0.233. The summed E-state index contributed by atoms with van der Waals surface area (Å²) in [6.45, 7) is 0.579. The fraction of sp³-hybridized carbons (Fsp3) is 0.300. The molecule has 1 heterocycles. The summed E-state index contributed by atoms with van der Waals surface area (Å²) < 4.78 is 5.12. The van der Waals surface area contributed by atoms with Crippen LogP contribution in [-0.4, -0.2) is 36.4 Å². The van der Waals surface area contributed by atoms with E-state index >= 15 is 0 Å². The first-order valence-corrected chi connectivity index (χ1v) is 8.98. The van der Waals surface area contributed by atoms with Crippen LogP contribution < -0.4 is 10.1 Å². The highest BCUT2D eigenvalue weighted by Crippen LogP contribution is 2.28. The molecule has 1 atom stereocenters. The van der Waals surface area contributed by atoms with E-state index in [0.717, 1.165) is 12.8 Å². The van der Waals surface area contributed by atoms with Crippen molar-refractivity contribution in [2.45, 2.75) is 25.3 Å². The Kier molecular flexibility index (Phi) is 5.78. The molecule has 2 aromatic carbocycles. The summed E-state index contributed by atoms with van der Waals surface area (Å²) in [4.78, 5) is 27.3. The number of methoxy groups -OCH3 is 1. The Morgan fingerprint density at radius 1 is 1.15 bits per heavy atom. The summed E-state index contributed by atoms with van der Waals surface area (Å²) in [7, 11) is 1.54. The minimum absolute atomic E-state index is 0.113. The van der Waals surface area contributed by atoms with Crippen molar-refractivity contribution in [3.8, 4) is 5.75 Å². The lowest BCUT2D eigenvalue weighted by atomic mass is 10.00. The molecule has 0 aromatic heterocycles. The van der Waals surface area contributed by atoms with E-state index < -0.39 is 6.04 Å². The molecule has 5 nitrogen and oxygen atoms in total. The van der Waals surface area contributed by atoms with Gasteiger partial charge in [0.2, 0.25) is 5.91 Å². The minimum Gasteiger partial charge on any atom is -0.495 e. The molecule has 1 saturated heterocycles. The van der Waals surface area contributed by atoms with Crippen LogP contribution >= 0.6 is 11.6 Å². The van der Waals surface area contributed by atoms with Crippen LogP contribution in [0, 0.1) is 0 Å². The van der Waals surface area contributed by atoms with Gasteiger partial charge in [-0.25, -0.2) is 0 Å². The number of halogens is 1. The molecule has 2 amide bonds. The van der Waals surface area contributed by atoms with E-state index in [-0.39, 0.29) is 11.8 Å². The highest BCUT2D eigenvalue weighted by atomic mass is 35.5. The average molecular weight is 373 g/mol. The van der Waals surface area contributed by atoms with Crippen molar-refractivity contribution in [3.63, 3.8) is 0 Å². The molecule has 0 aliphatic carbocycles. The third-order valence-electron chi connectivity index (χ3n) is 4.51. The van der Waals surface area contributed by atoms with Crippen molar-refractivity contribution in [2.75, 3.05) is 19.0 Å². The maximum absolute atomic E-state index is 12.8. The molecule has 1 N–H and O–H groups in total. The lowest BCUT2D eigenvalue weighted by molar-refractivity contribution is -0.121. The fourth-order valence-electron chi connectivity index (χ4n) is 3.16. The molecule has 0 saturated carbocycles. The molecule has 1 fully saturated rings. The predicted molar refractivity (Wildman–Crippen MR) is 102 cm³/mol. The molecule has 136 valence electrons. The topological polar surface area (TPSA) is 58.6 Å². The highest BCUT2D eigenvalue weighted by Gasteiger charge is 2.32. The smallest absolute Gasteiger partial charge is 0.254 e. The van der Waals surface area contributed by atoms with E-state index in [2.05, 4.69) is 5.32 Å². The molecular weight excluding hydrogens is 352 g/mol. The molecular formula is C20H21ClN2O3. The number of piperidine rings is 1. The summed E-state index contributed by atoms with van der Waals surface area (Å²) >= 11 is 6.12. The molecule has 6 heteroatoms. The Morgan fingerprint density at radius 2 is 1.92 bits per heavy atom. The number of carbonyl (C=O) groups excluding carboxylic acids is 2. The number of nitrogens with one attached hydrogen (secondary N) is 1. The zero-order valence-corrected chi connectivity index (χ0v) is 15.3. The normalized spacial score (nSPS) is 16.8. The van der Waals surface area contributed by atoms with Crippen LogP contribution in [0.4, 0.5) is 5.69 Å². The van der Waals surface area contributed by atoms with Crippen molar-refractivity contribution < 1.29 is 14.3 Å². The second kappa shape index (κ2) is 8.23. The van der Waals surface area contributed by atoms with Gasteiger partial charge < -0.3 is 15.0 Å². The Bertz CT molecular complexity index is 795. The van der Waals surface area contributed by atoms with Gasteiger partial charge in [0.1, 0.15) is 11.8 Å². The number of hydrogen-bond acceptors (Lipinski definition) is 3. The molecule has 1 aliphatic rings. The third kappa shape index (κ3) is 3.99. The molecule has 0 spiro atoms. The molecule has 1 aliphatic heterocycles. The largest absolute Gasteiger partial charge is 0.495 e. The van der Waals surface area contributed by atoms with Crippen molar-refractivity contribution in [2.24, 2.45) is 0 Å². The number of nitrogens with zero attached hydrogens (tertiary/aromatic N) is 1. The predicted octanol–water partition coefficient (Wildman–Crippen LogP) is 3.98. The number of rotatable bonds is 4. The molecule has 3 rings (SSSR count). The fourth-order valence-corrected chi connectivity index (χ4v) is 3.42. The molecule has 26 heavy (non-hydrogen) atoms. The third-order valence-corrected chi connectivity index (χ3v) is 4.80. The Morgan fingerprint density at radius 3 is 2.62 bits per heavy atom. The number of carbonyl (C=O) groups is 2. The molecule has 0 bridgehead atoms. The molecule has 0 unspecified atom stereocenters. The summed E-state index contributed by atoms with van der Waals surface area (Å²) in [6.07, 6.45) is 2.46. The van der Waals surface area contributed by atoms with Crippen molar-refractivity contribution in [3.05, 3.63) is 59.1 Å². The van der Waals surface area contributed by atoms with Crippen LogP contribution in [0.2, 0.25) is 5.02 Å². The van der Waals surface area contributed by atoms with Gasteiger partial charge in [-0.1, -0.05) is 29.8 Å². The second-order valence-corrected chi connectivity index (χ2v) is 6.62. The van der Waals surface area contributed by atoms with E-state index in [9.17, 15) is 9.59 Å². The van der Waals surface area contributed by atoms with E-state index in [0.29, 0.717) is 35.0 Å². The first-order valence-electron chi connectivity index (χ1n) is 8.60. The van der Waals surface area contributed by atoms with Gasteiger partial charge in [0.15, 0.2) is 0 Å². The number of benzene rings is 2. The van der Waals surface area contributed by atoms with E-state index in [1.54, 1.807) is 35.2 Å². The van der Waals surface area contributed by atoms with E-state index in [1.807, 2.05) is 18.2 Å². The Balaban J connectivity index is 1.76. The quantitative estimate of drug-likeness (QED) is 0.883. The SMILES string of the molecule is COc1ccc(NC(=O)[C@H]2CCCCN2C(=O)c2ccccc2)cc1Cl. The van der Waals surface area contributed by atoms with E-state index in [1.165, 1.54) is 7.11 Å². The zero-order valence-electron chi connectivity index (χ0n) is 14.6. The average Bonchev–Trinajstić information content (AvgIpc) is 2.68. The van der Waals surface area contributed by atoms with Crippen LogP contribution in [0.5, 0.6) is 5.75 Å². The number of likely N-dealkylation sites (tertiary alicyclic amines) is 1. The monoisotopic (exact) mass is 372 g/mol. The van der Waals surface area contributed by atoms with E-state index in [4.69, 9.17) is 16.3 Å². The standard InChI is InChI=1S/C20H21ClN2O3/c1-26-18-11-10-15(13-16(18)21)22-19(24)17-9-5-6-12-23(17)20(25)14-7-3-2-4-8-14/h2-4,7-8,10-11,13,17H,5-6,9,12H2,1H3,(H,22,24)/t17-/m1/s1. The van der Waals surface area contributed by atoms with Crippen LogP contribution in [0.1, 0.15) is 29.6 Å². The van der Waals surface area contributed by atoms with Crippen LogP contribution in [0.15, 0.2) is 48.5 Å². The van der Waals surface area contributed by atoms with Gasteiger partial charge >= 0.3 is 0 Å². The van der Waals surface area contributed by atoms with Gasteiger partial charge in [-0.3, -0.25) is 9.59 Å². The minimum atomic E-state index is -0.489. The van der Waals surface area contributed by atoms with Crippen LogP contribution in [0.3, 0.4) is 0 Å². The van der Waals surface area contributed by atoms with Crippen molar-refractivity contribution >= 4 is 29.1 Å². The maximum Gasteiger partial charge on any atom is 0.254 e. The highest BCUT2D eigenvalue weighted by molar-refractivity contribution is 6.32. The number of ether oxygens (including phenoxy) is 1. The van der Waals surface area contributed by atoms with Crippen molar-refractivity contribution in [1.29, 1.82) is 0 Å². The lowest BCUT2D eigenvalue weighted by Crippen LogP contribution is -2.50. The molecule has 0 radical (unpaired) electrons. The lowest BCUT2D eigenvalue weighted by Gasteiger charge is -2.34. The maximum atomic E-state index is 12.8. The van der Waals surface area contributed by atoms with Crippen LogP contribution in [-0.2, 0) is 4.79 Å². The number of amides is 2.